The third kappa shape index (κ3) is 3.63. The van der Waals surface area contributed by atoms with Gasteiger partial charge in [0, 0.05) is 18.8 Å². The van der Waals surface area contributed by atoms with Crippen LogP contribution in [0.3, 0.4) is 0 Å². The Balaban J connectivity index is 1.61. The van der Waals surface area contributed by atoms with Gasteiger partial charge in [0.15, 0.2) is 0 Å². The van der Waals surface area contributed by atoms with Crippen LogP contribution in [0.1, 0.15) is 17.5 Å². The van der Waals surface area contributed by atoms with Crippen molar-refractivity contribution in [3.05, 3.63) is 96.3 Å². The van der Waals surface area contributed by atoms with Gasteiger partial charge in [-0.05, 0) is 39.9 Å². The SMILES string of the molecule is ClC1=NC(c2ccc(-c3cccnc3)cc2)=CCC(c2ccccc2)=N1. The Morgan fingerprint density at radius 1 is 0.692 bits per heavy atom. The lowest BCUT2D eigenvalue weighted by Gasteiger charge is -2.05. The third-order valence-corrected chi connectivity index (χ3v) is 4.38. The summed E-state index contributed by atoms with van der Waals surface area (Å²) in [5.41, 5.74) is 6.03. The first-order valence-corrected chi connectivity index (χ1v) is 8.75. The average Bonchev–Trinajstić information content (AvgIpc) is 2.91. The third-order valence-electron chi connectivity index (χ3n) is 4.21. The predicted molar refractivity (Wildman–Crippen MR) is 109 cm³/mol. The molecule has 3 nitrogen and oxygen atoms in total. The van der Waals surface area contributed by atoms with Crippen LogP contribution in [0.25, 0.3) is 16.8 Å². The van der Waals surface area contributed by atoms with E-state index in [2.05, 4.69) is 45.3 Å². The molecule has 4 heteroatoms. The summed E-state index contributed by atoms with van der Waals surface area (Å²) in [5.74, 6) is 0. The Morgan fingerprint density at radius 2 is 1.42 bits per heavy atom. The van der Waals surface area contributed by atoms with Gasteiger partial charge in [-0.3, -0.25) is 4.98 Å². The van der Waals surface area contributed by atoms with Crippen LogP contribution in [-0.2, 0) is 0 Å². The second-order valence-electron chi connectivity index (χ2n) is 5.92. The van der Waals surface area contributed by atoms with Crippen LogP contribution < -0.4 is 0 Å². The maximum atomic E-state index is 6.25. The molecule has 0 N–H and O–H groups in total. The quantitative estimate of drug-likeness (QED) is 0.564. The molecule has 0 fully saturated rings. The predicted octanol–water partition coefficient (Wildman–Crippen LogP) is 5.58. The fraction of sp³-hybridized carbons (Fsp3) is 0.0455. The summed E-state index contributed by atoms with van der Waals surface area (Å²) in [5, 5.41) is 0.254. The molecule has 3 aromatic rings. The molecule has 0 amide bonds. The number of hydrogen-bond donors (Lipinski definition) is 0. The van der Waals surface area contributed by atoms with Crippen molar-refractivity contribution in [1.29, 1.82) is 0 Å². The molecule has 0 saturated heterocycles. The number of allylic oxidation sites excluding steroid dienone is 1. The lowest BCUT2D eigenvalue weighted by Crippen LogP contribution is -2.00. The second kappa shape index (κ2) is 7.46. The van der Waals surface area contributed by atoms with Crippen molar-refractivity contribution in [2.75, 3.05) is 0 Å². The number of nitrogens with zero attached hydrogens (tertiary/aromatic N) is 3. The summed E-state index contributed by atoms with van der Waals surface area (Å²) in [7, 11) is 0. The standard InChI is InChI=1S/C22H16ClN3/c23-22-25-20(17-5-2-1-3-6-17)12-13-21(26-22)18-10-8-16(9-11-18)19-7-4-14-24-15-19/h1-11,13-15H,12H2. The first-order chi connectivity index (χ1) is 12.8. The van der Waals surface area contributed by atoms with E-state index in [9.17, 15) is 0 Å². The maximum absolute atomic E-state index is 6.25. The molecular formula is C22H16ClN3. The smallest absolute Gasteiger partial charge is 0.223 e. The zero-order valence-electron chi connectivity index (χ0n) is 14.0. The molecular weight excluding hydrogens is 342 g/mol. The van der Waals surface area contributed by atoms with E-state index in [1.54, 1.807) is 6.20 Å². The van der Waals surface area contributed by atoms with E-state index in [1.165, 1.54) is 0 Å². The molecule has 4 rings (SSSR count). The Morgan fingerprint density at radius 3 is 2.15 bits per heavy atom. The van der Waals surface area contributed by atoms with Crippen LogP contribution in [-0.4, -0.2) is 16.0 Å². The highest BCUT2D eigenvalue weighted by Crippen LogP contribution is 2.25. The number of aliphatic imine (C=N–C) groups is 2. The number of halogens is 1. The van der Waals surface area contributed by atoms with Gasteiger partial charge in [-0.25, -0.2) is 9.98 Å². The molecule has 2 aromatic carbocycles. The largest absolute Gasteiger partial charge is 0.264 e. The molecule has 0 atom stereocenters. The molecule has 1 aliphatic heterocycles. The number of benzene rings is 2. The van der Waals surface area contributed by atoms with Crippen LogP contribution in [0.15, 0.2) is 95.2 Å². The fourth-order valence-electron chi connectivity index (χ4n) is 2.88. The number of pyridine rings is 1. The van der Waals surface area contributed by atoms with E-state index in [1.807, 2.05) is 48.7 Å². The number of aromatic nitrogens is 1. The summed E-state index contributed by atoms with van der Waals surface area (Å²) in [6.07, 6.45) is 6.38. The fourth-order valence-corrected chi connectivity index (χ4v) is 3.08. The lowest BCUT2D eigenvalue weighted by molar-refractivity contribution is 1.33. The maximum Gasteiger partial charge on any atom is 0.223 e. The highest BCUT2D eigenvalue weighted by Gasteiger charge is 2.10. The van der Waals surface area contributed by atoms with Gasteiger partial charge in [0.25, 0.3) is 0 Å². The van der Waals surface area contributed by atoms with Crippen molar-refractivity contribution in [2.45, 2.75) is 6.42 Å². The van der Waals surface area contributed by atoms with Crippen molar-refractivity contribution >= 4 is 28.3 Å². The van der Waals surface area contributed by atoms with Crippen molar-refractivity contribution in [3.63, 3.8) is 0 Å². The van der Waals surface area contributed by atoms with Crippen molar-refractivity contribution < 1.29 is 0 Å². The van der Waals surface area contributed by atoms with E-state index in [0.29, 0.717) is 6.42 Å². The number of amidine groups is 1. The molecule has 0 bridgehead atoms. The average molecular weight is 358 g/mol. The van der Waals surface area contributed by atoms with E-state index in [4.69, 9.17) is 11.6 Å². The summed E-state index contributed by atoms with van der Waals surface area (Å²) in [6.45, 7) is 0. The van der Waals surface area contributed by atoms with Crippen LogP contribution in [0.5, 0.6) is 0 Å². The molecule has 2 heterocycles. The second-order valence-corrected chi connectivity index (χ2v) is 6.26. The zero-order chi connectivity index (χ0) is 17.8. The molecule has 0 radical (unpaired) electrons. The molecule has 1 aromatic heterocycles. The first kappa shape index (κ1) is 16.4. The topological polar surface area (TPSA) is 37.6 Å². The molecule has 0 saturated carbocycles. The van der Waals surface area contributed by atoms with Gasteiger partial charge < -0.3 is 0 Å². The molecule has 26 heavy (non-hydrogen) atoms. The van der Waals surface area contributed by atoms with Gasteiger partial charge in [-0.2, -0.15) is 0 Å². The normalized spacial score (nSPS) is 14.1. The van der Waals surface area contributed by atoms with Gasteiger partial charge in [0.2, 0.25) is 5.29 Å². The lowest BCUT2D eigenvalue weighted by atomic mass is 10.0. The van der Waals surface area contributed by atoms with Crippen LogP contribution in [0.4, 0.5) is 0 Å². The summed E-state index contributed by atoms with van der Waals surface area (Å²) >= 11 is 6.25. The monoisotopic (exact) mass is 357 g/mol. The van der Waals surface area contributed by atoms with Gasteiger partial charge in [-0.1, -0.05) is 66.7 Å². The molecule has 0 unspecified atom stereocenters. The van der Waals surface area contributed by atoms with E-state index in [0.717, 1.165) is 33.7 Å². The Labute approximate surface area is 157 Å². The highest BCUT2D eigenvalue weighted by atomic mass is 35.5. The van der Waals surface area contributed by atoms with Crippen LogP contribution in [0, 0.1) is 0 Å². The van der Waals surface area contributed by atoms with Crippen LogP contribution in [0.2, 0.25) is 0 Å². The first-order valence-electron chi connectivity index (χ1n) is 8.38. The van der Waals surface area contributed by atoms with Gasteiger partial charge in [-0.15, -0.1) is 0 Å². The van der Waals surface area contributed by atoms with Crippen molar-refractivity contribution in [2.24, 2.45) is 9.98 Å². The zero-order valence-corrected chi connectivity index (χ0v) is 14.8. The summed E-state index contributed by atoms with van der Waals surface area (Å²) in [6, 6.07) is 22.3. The summed E-state index contributed by atoms with van der Waals surface area (Å²) in [4.78, 5) is 13.1. The number of rotatable bonds is 3. The van der Waals surface area contributed by atoms with E-state index < -0.39 is 0 Å². The van der Waals surface area contributed by atoms with Crippen LogP contribution >= 0.6 is 11.6 Å². The minimum atomic E-state index is 0.254. The Hall–Kier alpha value is -3.04. The van der Waals surface area contributed by atoms with E-state index >= 15 is 0 Å². The Bertz CT molecular complexity index is 989. The van der Waals surface area contributed by atoms with Gasteiger partial charge >= 0.3 is 0 Å². The molecule has 0 aliphatic carbocycles. The number of hydrogen-bond acceptors (Lipinski definition) is 3. The minimum absolute atomic E-state index is 0.254. The minimum Gasteiger partial charge on any atom is -0.264 e. The van der Waals surface area contributed by atoms with E-state index in [-0.39, 0.29) is 5.29 Å². The van der Waals surface area contributed by atoms with Gasteiger partial charge in [0.05, 0.1) is 11.4 Å². The van der Waals surface area contributed by atoms with Crippen molar-refractivity contribution in [1.82, 2.24) is 4.98 Å². The molecule has 1 aliphatic rings. The molecule has 0 spiro atoms. The highest BCUT2D eigenvalue weighted by molar-refractivity contribution is 6.66. The Kier molecular flexibility index (Phi) is 4.71. The molecule has 126 valence electrons. The van der Waals surface area contributed by atoms with Gasteiger partial charge in [0.1, 0.15) is 0 Å². The van der Waals surface area contributed by atoms with Crippen molar-refractivity contribution in [3.8, 4) is 11.1 Å². The summed E-state index contributed by atoms with van der Waals surface area (Å²) < 4.78 is 0.